The molecule has 0 fully saturated rings. The highest BCUT2D eigenvalue weighted by molar-refractivity contribution is 9.10. The normalized spacial score (nSPS) is 10.9. The summed E-state index contributed by atoms with van der Waals surface area (Å²) in [7, 11) is 0. The van der Waals surface area contributed by atoms with E-state index in [1.807, 2.05) is 0 Å². The number of nitrogens with one attached hydrogen (secondary N) is 1. The molecule has 9 heteroatoms. The van der Waals surface area contributed by atoms with Crippen LogP contribution in [0.3, 0.4) is 0 Å². The molecule has 136 valence electrons. The molecule has 0 radical (unpaired) electrons. The molecule has 3 aromatic rings. The van der Waals surface area contributed by atoms with Crippen LogP contribution in [-0.2, 0) is 0 Å². The van der Waals surface area contributed by atoms with E-state index in [-0.39, 0.29) is 11.6 Å². The fourth-order valence-electron chi connectivity index (χ4n) is 2.24. The molecule has 0 saturated heterocycles. The molecule has 1 aromatic heterocycles. The summed E-state index contributed by atoms with van der Waals surface area (Å²) >= 11 is 9.39. The number of hydrogen-bond acceptors (Lipinski definition) is 5. The Morgan fingerprint density at radius 1 is 1.22 bits per heavy atom. The summed E-state index contributed by atoms with van der Waals surface area (Å²) in [5.41, 5.74) is 3.14. The molecule has 1 heterocycles. The molecule has 1 amide bonds. The van der Waals surface area contributed by atoms with Crippen LogP contribution in [0.15, 0.2) is 68.6 Å². The van der Waals surface area contributed by atoms with Crippen LogP contribution in [0.1, 0.15) is 16.1 Å². The molecule has 7 nitrogen and oxygen atoms in total. The van der Waals surface area contributed by atoms with Gasteiger partial charge in [0.1, 0.15) is 11.5 Å². The van der Waals surface area contributed by atoms with Gasteiger partial charge in [0.25, 0.3) is 11.6 Å². The number of hydrazone groups is 1. The van der Waals surface area contributed by atoms with Crippen LogP contribution < -0.4 is 5.43 Å². The van der Waals surface area contributed by atoms with Crippen molar-refractivity contribution in [2.45, 2.75) is 0 Å². The number of furan rings is 1. The summed E-state index contributed by atoms with van der Waals surface area (Å²) < 4.78 is 6.23. The third kappa shape index (κ3) is 4.42. The van der Waals surface area contributed by atoms with Gasteiger partial charge in [0, 0.05) is 22.2 Å². The summed E-state index contributed by atoms with van der Waals surface area (Å²) in [6, 6.07) is 14.2. The zero-order chi connectivity index (χ0) is 19.4. The van der Waals surface area contributed by atoms with Crippen molar-refractivity contribution < 1.29 is 14.1 Å². The van der Waals surface area contributed by atoms with E-state index in [0.717, 1.165) is 0 Å². The Bertz CT molecular complexity index is 1050. The van der Waals surface area contributed by atoms with Gasteiger partial charge in [-0.05, 0) is 46.3 Å². The fourth-order valence-corrected chi connectivity index (χ4v) is 2.92. The van der Waals surface area contributed by atoms with Crippen molar-refractivity contribution in [1.82, 2.24) is 5.43 Å². The van der Waals surface area contributed by atoms with Crippen molar-refractivity contribution in [2.24, 2.45) is 5.10 Å². The molecule has 0 saturated carbocycles. The number of nitrogens with zero attached hydrogens (tertiary/aromatic N) is 2. The first kappa shape index (κ1) is 18.8. The minimum absolute atomic E-state index is 0.0956. The Kier molecular flexibility index (Phi) is 5.68. The van der Waals surface area contributed by atoms with Crippen LogP contribution in [0.5, 0.6) is 0 Å². The van der Waals surface area contributed by atoms with Gasteiger partial charge in [0.15, 0.2) is 0 Å². The maximum absolute atomic E-state index is 12.1. The molecule has 0 atom stereocenters. The van der Waals surface area contributed by atoms with Gasteiger partial charge in [0.05, 0.1) is 21.7 Å². The third-order valence-corrected chi connectivity index (χ3v) is 4.55. The zero-order valence-corrected chi connectivity index (χ0v) is 15.9. The Balaban J connectivity index is 1.74. The average molecular weight is 449 g/mol. The number of rotatable bonds is 5. The molecule has 0 bridgehead atoms. The highest BCUT2D eigenvalue weighted by Crippen LogP contribution is 2.32. The van der Waals surface area contributed by atoms with E-state index in [1.165, 1.54) is 24.4 Å². The topological polar surface area (TPSA) is 97.7 Å². The first-order valence-corrected chi connectivity index (χ1v) is 8.75. The number of benzene rings is 2. The van der Waals surface area contributed by atoms with Crippen LogP contribution in [-0.4, -0.2) is 17.0 Å². The summed E-state index contributed by atoms with van der Waals surface area (Å²) in [4.78, 5) is 22.5. The van der Waals surface area contributed by atoms with Crippen molar-refractivity contribution in [3.05, 3.63) is 85.5 Å². The average Bonchev–Trinajstić information content (AvgIpc) is 3.10. The van der Waals surface area contributed by atoms with Crippen molar-refractivity contribution in [3.8, 4) is 11.3 Å². The number of hydrogen-bond donors (Lipinski definition) is 1. The number of halogens is 2. The lowest BCUT2D eigenvalue weighted by molar-refractivity contribution is -0.384. The first-order chi connectivity index (χ1) is 13.0. The molecule has 0 spiro atoms. The molecular weight excluding hydrogens is 438 g/mol. The monoisotopic (exact) mass is 447 g/mol. The SMILES string of the molecule is O=C(N/N=C\c1ccc(-c2cc([N+](=O)[O-])ccc2Cl)o1)c1ccccc1Br. The predicted octanol–water partition coefficient (Wildman–Crippen LogP) is 5.03. The molecule has 0 unspecified atom stereocenters. The van der Waals surface area contributed by atoms with Gasteiger partial charge in [-0.25, -0.2) is 5.43 Å². The largest absolute Gasteiger partial charge is 0.455 e. The number of nitro groups is 1. The minimum atomic E-state index is -0.512. The molecular formula is C18H11BrClN3O4. The van der Waals surface area contributed by atoms with E-state index in [2.05, 4.69) is 26.5 Å². The Labute approximate surface area is 166 Å². The number of non-ortho nitro benzene ring substituents is 1. The summed E-state index contributed by atoms with van der Waals surface area (Å²) in [6.45, 7) is 0. The van der Waals surface area contributed by atoms with Crippen LogP contribution in [0.25, 0.3) is 11.3 Å². The van der Waals surface area contributed by atoms with E-state index in [9.17, 15) is 14.9 Å². The van der Waals surface area contributed by atoms with Crippen LogP contribution in [0, 0.1) is 10.1 Å². The number of amides is 1. The standard InChI is InChI=1S/C18H11BrClN3O4/c19-15-4-2-1-3-13(15)18(24)22-21-10-12-6-8-17(27-12)14-9-11(23(25)26)5-7-16(14)20/h1-10H,(H,22,24)/b21-10-. The lowest BCUT2D eigenvalue weighted by atomic mass is 10.1. The minimum Gasteiger partial charge on any atom is -0.455 e. The first-order valence-electron chi connectivity index (χ1n) is 7.58. The lowest BCUT2D eigenvalue weighted by Crippen LogP contribution is -2.17. The van der Waals surface area contributed by atoms with Gasteiger partial charge in [0.2, 0.25) is 0 Å². The molecule has 3 rings (SSSR count). The van der Waals surface area contributed by atoms with Crippen molar-refractivity contribution >= 4 is 45.3 Å². The predicted molar refractivity (Wildman–Crippen MR) is 105 cm³/mol. The van der Waals surface area contributed by atoms with Crippen LogP contribution in [0.4, 0.5) is 5.69 Å². The second kappa shape index (κ2) is 8.15. The van der Waals surface area contributed by atoms with Gasteiger partial charge < -0.3 is 4.42 Å². The van der Waals surface area contributed by atoms with Crippen LogP contribution >= 0.6 is 27.5 Å². The quantitative estimate of drug-likeness (QED) is 0.336. The zero-order valence-electron chi connectivity index (χ0n) is 13.6. The maximum Gasteiger partial charge on any atom is 0.272 e. The summed E-state index contributed by atoms with van der Waals surface area (Å²) in [5, 5.41) is 15.1. The number of nitro benzene ring substituents is 1. The van der Waals surface area contributed by atoms with E-state index >= 15 is 0 Å². The number of carbonyl (C=O) groups excluding carboxylic acids is 1. The Morgan fingerprint density at radius 2 is 2.00 bits per heavy atom. The lowest BCUT2D eigenvalue weighted by Gasteiger charge is -2.01. The maximum atomic E-state index is 12.1. The van der Waals surface area contributed by atoms with Gasteiger partial charge >= 0.3 is 0 Å². The highest BCUT2D eigenvalue weighted by Gasteiger charge is 2.14. The fraction of sp³-hybridized carbons (Fsp3) is 0. The molecule has 0 aliphatic carbocycles. The number of carbonyl (C=O) groups is 1. The second-order valence-electron chi connectivity index (χ2n) is 5.30. The van der Waals surface area contributed by atoms with Gasteiger partial charge in [-0.1, -0.05) is 23.7 Å². The van der Waals surface area contributed by atoms with Gasteiger partial charge in [-0.15, -0.1) is 0 Å². The van der Waals surface area contributed by atoms with E-state index in [1.54, 1.807) is 36.4 Å². The molecule has 0 aliphatic rings. The van der Waals surface area contributed by atoms with Crippen molar-refractivity contribution in [2.75, 3.05) is 0 Å². The molecule has 27 heavy (non-hydrogen) atoms. The Morgan fingerprint density at radius 3 is 2.74 bits per heavy atom. The Hall–Kier alpha value is -2.97. The van der Waals surface area contributed by atoms with Crippen LogP contribution in [0.2, 0.25) is 5.02 Å². The van der Waals surface area contributed by atoms with E-state index < -0.39 is 4.92 Å². The van der Waals surface area contributed by atoms with Gasteiger partial charge in [-0.3, -0.25) is 14.9 Å². The van der Waals surface area contributed by atoms with Crippen molar-refractivity contribution in [3.63, 3.8) is 0 Å². The summed E-state index contributed by atoms with van der Waals surface area (Å²) in [5.74, 6) is 0.314. The second-order valence-corrected chi connectivity index (χ2v) is 6.56. The van der Waals surface area contributed by atoms with Crippen molar-refractivity contribution in [1.29, 1.82) is 0 Å². The molecule has 1 N–H and O–H groups in total. The third-order valence-electron chi connectivity index (χ3n) is 3.53. The smallest absolute Gasteiger partial charge is 0.272 e. The van der Waals surface area contributed by atoms with E-state index in [0.29, 0.717) is 32.1 Å². The highest BCUT2D eigenvalue weighted by atomic mass is 79.9. The molecule has 2 aromatic carbocycles. The summed E-state index contributed by atoms with van der Waals surface area (Å²) in [6.07, 6.45) is 1.32. The van der Waals surface area contributed by atoms with E-state index in [4.69, 9.17) is 16.0 Å². The molecule has 0 aliphatic heterocycles. The van der Waals surface area contributed by atoms with Gasteiger partial charge in [-0.2, -0.15) is 5.10 Å².